The molecule has 0 aliphatic carbocycles. The van der Waals surface area contributed by atoms with E-state index in [4.69, 9.17) is 4.98 Å². The molecule has 0 aliphatic rings. The van der Waals surface area contributed by atoms with Crippen molar-refractivity contribution in [3.05, 3.63) is 76.0 Å². The monoisotopic (exact) mass is 424 g/mol. The van der Waals surface area contributed by atoms with E-state index in [0.717, 1.165) is 33.2 Å². The van der Waals surface area contributed by atoms with Crippen molar-refractivity contribution >= 4 is 22.0 Å². The largest absolute Gasteiger partial charge is 0.378 e. The van der Waals surface area contributed by atoms with Gasteiger partial charge in [0, 0.05) is 39.2 Å². The van der Waals surface area contributed by atoms with Crippen molar-refractivity contribution in [1.29, 1.82) is 0 Å². The molecule has 30 heavy (non-hydrogen) atoms. The fourth-order valence-corrected chi connectivity index (χ4v) is 4.14. The van der Waals surface area contributed by atoms with Gasteiger partial charge in [-0.05, 0) is 36.4 Å². The van der Waals surface area contributed by atoms with Crippen LogP contribution in [0, 0.1) is 21.8 Å². The lowest BCUT2D eigenvalue weighted by atomic mass is 10.0. The maximum atomic E-state index is 13.4. The number of fused-ring (bicyclic) bond motifs is 1. The van der Waals surface area contributed by atoms with E-state index in [1.165, 1.54) is 23.5 Å². The number of nitrogens with zero attached hydrogens (tertiary/aromatic N) is 3. The second-order valence-corrected chi connectivity index (χ2v) is 8.30. The van der Waals surface area contributed by atoms with E-state index in [2.05, 4.69) is 5.32 Å². The van der Waals surface area contributed by atoms with E-state index >= 15 is 0 Å². The van der Waals surface area contributed by atoms with Crippen molar-refractivity contribution in [2.75, 3.05) is 11.9 Å². The number of rotatable bonds is 7. The van der Waals surface area contributed by atoms with Gasteiger partial charge in [0.25, 0.3) is 0 Å². The predicted molar refractivity (Wildman–Crippen MR) is 118 cm³/mol. The fraction of sp³-hybridized carbons (Fsp3) is 0.227. The standard InChI is InChI=1S/C22H21FN4O2S/c1-14(2)19(27(28)29)13-24-18-5-3-4-16(12-18)21-20(15-6-8-17(23)9-7-15)25-22-26(21)10-11-30-22/h3-12,14,19,24H,13H2,1-2H3. The Morgan fingerprint density at radius 3 is 2.67 bits per heavy atom. The van der Waals surface area contributed by atoms with Gasteiger partial charge >= 0.3 is 0 Å². The number of nitrogens with one attached hydrogen (secondary N) is 1. The highest BCUT2D eigenvalue weighted by Gasteiger charge is 2.24. The molecule has 2 aromatic carbocycles. The highest BCUT2D eigenvalue weighted by molar-refractivity contribution is 7.15. The number of aromatic nitrogens is 2. The third-order valence-corrected chi connectivity index (χ3v) is 5.83. The van der Waals surface area contributed by atoms with Gasteiger partial charge in [-0.3, -0.25) is 14.5 Å². The van der Waals surface area contributed by atoms with Gasteiger partial charge in [0.2, 0.25) is 6.04 Å². The summed E-state index contributed by atoms with van der Waals surface area (Å²) in [4.78, 5) is 16.6. The van der Waals surface area contributed by atoms with Crippen LogP contribution >= 0.6 is 11.3 Å². The lowest BCUT2D eigenvalue weighted by molar-refractivity contribution is -0.526. The minimum absolute atomic E-state index is 0.0685. The molecule has 2 heterocycles. The first-order valence-corrected chi connectivity index (χ1v) is 10.5. The Balaban J connectivity index is 1.71. The maximum absolute atomic E-state index is 13.4. The van der Waals surface area contributed by atoms with Gasteiger partial charge < -0.3 is 5.32 Å². The van der Waals surface area contributed by atoms with Gasteiger partial charge in [0.15, 0.2) is 4.96 Å². The fourth-order valence-electron chi connectivity index (χ4n) is 3.42. The minimum atomic E-state index is -0.665. The Hall–Kier alpha value is -3.26. The van der Waals surface area contributed by atoms with Crippen LogP contribution < -0.4 is 5.32 Å². The number of anilines is 1. The van der Waals surface area contributed by atoms with Gasteiger partial charge in [0.05, 0.1) is 17.9 Å². The number of imidazole rings is 1. The Kier molecular flexibility index (Phi) is 5.50. The zero-order valence-electron chi connectivity index (χ0n) is 16.6. The number of benzene rings is 2. The molecular weight excluding hydrogens is 403 g/mol. The molecule has 0 radical (unpaired) electrons. The van der Waals surface area contributed by atoms with Crippen molar-refractivity contribution in [2.45, 2.75) is 19.9 Å². The molecule has 4 aromatic rings. The lowest BCUT2D eigenvalue weighted by Gasteiger charge is -2.15. The van der Waals surface area contributed by atoms with Crippen molar-refractivity contribution in [1.82, 2.24) is 9.38 Å². The topological polar surface area (TPSA) is 72.5 Å². The highest BCUT2D eigenvalue weighted by atomic mass is 32.1. The molecule has 8 heteroatoms. The molecule has 2 aromatic heterocycles. The van der Waals surface area contributed by atoms with Crippen molar-refractivity contribution in [2.24, 2.45) is 5.92 Å². The second-order valence-electron chi connectivity index (χ2n) is 7.43. The zero-order chi connectivity index (χ0) is 21.3. The molecule has 0 spiro atoms. The van der Waals surface area contributed by atoms with E-state index in [-0.39, 0.29) is 23.2 Å². The zero-order valence-corrected chi connectivity index (χ0v) is 17.4. The third-order valence-electron chi connectivity index (χ3n) is 5.07. The third kappa shape index (κ3) is 3.91. The molecule has 0 bridgehead atoms. The summed E-state index contributed by atoms with van der Waals surface area (Å²) in [6.45, 7) is 3.94. The van der Waals surface area contributed by atoms with Crippen LogP contribution in [-0.2, 0) is 0 Å². The summed E-state index contributed by atoms with van der Waals surface area (Å²) in [5.41, 5.74) is 4.22. The van der Waals surface area contributed by atoms with E-state index in [0.29, 0.717) is 0 Å². The number of nitro groups is 1. The molecule has 4 rings (SSSR count). The first-order chi connectivity index (χ1) is 14.4. The molecule has 154 valence electrons. The number of hydrogen-bond donors (Lipinski definition) is 1. The Morgan fingerprint density at radius 1 is 1.20 bits per heavy atom. The maximum Gasteiger partial charge on any atom is 0.232 e. The van der Waals surface area contributed by atoms with E-state index in [9.17, 15) is 14.5 Å². The summed E-state index contributed by atoms with van der Waals surface area (Å²) in [6, 6.07) is 13.4. The summed E-state index contributed by atoms with van der Waals surface area (Å²) in [6.07, 6.45) is 1.96. The Labute approximate surface area is 177 Å². The SMILES string of the molecule is CC(C)C(CNc1cccc(-c2c(-c3ccc(F)cc3)nc3sccn23)c1)[N+](=O)[O-]. The number of hydrogen-bond acceptors (Lipinski definition) is 5. The summed E-state index contributed by atoms with van der Waals surface area (Å²) < 4.78 is 15.4. The van der Waals surface area contributed by atoms with Crippen molar-refractivity contribution < 1.29 is 9.31 Å². The van der Waals surface area contributed by atoms with Gasteiger partial charge in [-0.1, -0.05) is 26.0 Å². The molecular formula is C22H21FN4O2S. The molecule has 0 amide bonds. The van der Waals surface area contributed by atoms with Gasteiger partial charge in [-0.15, -0.1) is 11.3 Å². The van der Waals surface area contributed by atoms with Crippen LogP contribution in [0.15, 0.2) is 60.1 Å². The first kappa shape index (κ1) is 20.0. The molecule has 1 N–H and O–H groups in total. The van der Waals surface area contributed by atoms with Crippen LogP contribution in [0.4, 0.5) is 10.1 Å². The normalized spacial score (nSPS) is 12.4. The summed E-state index contributed by atoms with van der Waals surface area (Å²) >= 11 is 1.53. The Bertz CT molecular complexity index is 1180. The van der Waals surface area contributed by atoms with Gasteiger partial charge in [-0.2, -0.15) is 0 Å². The highest BCUT2D eigenvalue weighted by Crippen LogP contribution is 2.35. The van der Waals surface area contributed by atoms with Crippen LogP contribution in [0.3, 0.4) is 0 Å². The first-order valence-electron chi connectivity index (χ1n) is 9.63. The van der Waals surface area contributed by atoms with Crippen LogP contribution in [0.5, 0.6) is 0 Å². The summed E-state index contributed by atoms with van der Waals surface area (Å²) in [5.74, 6) is -0.362. The molecule has 0 saturated heterocycles. The molecule has 6 nitrogen and oxygen atoms in total. The van der Waals surface area contributed by atoms with Gasteiger partial charge in [0.1, 0.15) is 5.82 Å². The quantitative estimate of drug-likeness (QED) is 0.310. The van der Waals surface area contributed by atoms with Crippen LogP contribution in [0.25, 0.3) is 27.5 Å². The van der Waals surface area contributed by atoms with Crippen LogP contribution in [0.2, 0.25) is 0 Å². The molecule has 0 aliphatic heterocycles. The van der Waals surface area contributed by atoms with Crippen molar-refractivity contribution in [3.63, 3.8) is 0 Å². The smallest absolute Gasteiger partial charge is 0.232 e. The molecule has 1 atom stereocenters. The molecule has 1 unspecified atom stereocenters. The van der Waals surface area contributed by atoms with Crippen LogP contribution in [0.1, 0.15) is 13.8 Å². The summed E-state index contributed by atoms with van der Waals surface area (Å²) in [7, 11) is 0. The van der Waals surface area contributed by atoms with E-state index < -0.39 is 6.04 Å². The van der Waals surface area contributed by atoms with E-state index in [1.807, 2.05) is 54.1 Å². The minimum Gasteiger partial charge on any atom is -0.378 e. The molecule has 0 saturated carbocycles. The Morgan fingerprint density at radius 2 is 1.97 bits per heavy atom. The second kappa shape index (κ2) is 8.23. The van der Waals surface area contributed by atoms with Crippen LogP contribution in [-0.4, -0.2) is 26.9 Å². The predicted octanol–water partition coefficient (Wildman–Crippen LogP) is 5.58. The number of halogens is 1. The van der Waals surface area contributed by atoms with E-state index in [1.54, 1.807) is 12.1 Å². The molecule has 0 fully saturated rings. The van der Waals surface area contributed by atoms with Gasteiger partial charge in [-0.25, -0.2) is 9.37 Å². The average Bonchev–Trinajstić information content (AvgIpc) is 3.29. The van der Waals surface area contributed by atoms with Crippen molar-refractivity contribution in [3.8, 4) is 22.5 Å². The average molecular weight is 425 g/mol. The summed E-state index contributed by atoms with van der Waals surface area (Å²) in [5, 5.41) is 16.5. The lowest BCUT2D eigenvalue weighted by Crippen LogP contribution is -2.33. The number of thiazole rings is 1.